The monoisotopic (exact) mass is 153 g/mol. The fourth-order valence-electron chi connectivity index (χ4n) is 0.393. The van der Waals surface area contributed by atoms with E-state index in [1.54, 1.807) is 0 Å². The Morgan fingerprint density at radius 2 is 1.09 bits per heavy atom. The summed E-state index contributed by atoms with van der Waals surface area (Å²) in [5.41, 5.74) is 0. The largest absolute Gasteiger partial charge is 0.0808 e. The highest BCUT2D eigenvalue weighted by atomic mass is 13.8. The van der Waals surface area contributed by atoms with Crippen LogP contribution in [0.3, 0.4) is 0 Å². The molecule has 0 bridgehead atoms. The third-order valence-electron chi connectivity index (χ3n) is 0.655. The average Bonchev–Trinajstić information content (AvgIpc) is 2.51. The van der Waals surface area contributed by atoms with Crippen LogP contribution >= 0.6 is 0 Å². The van der Waals surface area contributed by atoms with Gasteiger partial charge in [-0.15, -0.1) is 0 Å². The fraction of sp³-hybridized carbons (Fsp3) is 0.600. The summed E-state index contributed by atoms with van der Waals surface area (Å²) in [5, 5.41) is 0. The SMILES string of the molecule is C.C1=CCC=C1.CC.CC.[B]. The number of rotatable bonds is 0. The molecule has 0 fully saturated rings. The zero-order valence-corrected chi connectivity index (χ0v) is 7.59. The van der Waals surface area contributed by atoms with E-state index in [-0.39, 0.29) is 15.8 Å². The van der Waals surface area contributed by atoms with Gasteiger partial charge >= 0.3 is 0 Å². The van der Waals surface area contributed by atoms with Crippen LogP contribution in [0.25, 0.3) is 0 Å². The van der Waals surface area contributed by atoms with Gasteiger partial charge in [0.15, 0.2) is 0 Å². The molecule has 0 N–H and O–H groups in total. The van der Waals surface area contributed by atoms with Crippen LogP contribution < -0.4 is 0 Å². The van der Waals surface area contributed by atoms with Gasteiger partial charge in [0.25, 0.3) is 0 Å². The molecule has 0 atom stereocenters. The highest BCUT2D eigenvalue weighted by Gasteiger charge is 1.72. The Morgan fingerprint density at radius 1 is 0.818 bits per heavy atom. The van der Waals surface area contributed by atoms with E-state index < -0.39 is 0 Å². The van der Waals surface area contributed by atoms with E-state index in [4.69, 9.17) is 0 Å². The smallest absolute Gasteiger partial charge is 0 e. The highest BCUT2D eigenvalue weighted by molar-refractivity contribution is 5.75. The topological polar surface area (TPSA) is 0 Å². The minimum absolute atomic E-state index is 0. The molecule has 1 heteroatoms. The van der Waals surface area contributed by atoms with Crippen molar-refractivity contribution in [3.63, 3.8) is 0 Å². The molecule has 1 rings (SSSR count). The molecule has 0 aromatic carbocycles. The first-order chi connectivity index (χ1) is 4.50. The molecular weight excluding hydrogens is 131 g/mol. The van der Waals surface area contributed by atoms with Gasteiger partial charge in [0.2, 0.25) is 0 Å². The summed E-state index contributed by atoms with van der Waals surface area (Å²) in [4.78, 5) is 0. The van der Waals surface area contributed by atoms with Gasteiger partial charge in [-0.25, -0.2) is 0 Å². The molecule has 11 heavy (non-hydrogen) atoms. The van der Waals surface area contributed by atoms with Gasteiger partial charge in [-0.1, -0.05) is 59.4 Å². The zero-order valence-electron chi connectivity index (χ0n) is 7.59. The molecule has 0 aromatic rings. The molecule has 1 aliphatic carbocycles. The van der Waals surface area contributed by atoms with Crippen LogP contribution in [0.2, 0.25) is 0 Å². The van der Waals surface area contributed by atoms with Crippen LogP contribution in [0.4, 0.5) is 0 Å². The van der Waals surface area contributed by atoms with E-state index in [1.165, 1.54) is 0 Å². The van der Waals surface area contributed by atoms with Gasteiger partial charge in [-0.2, -0.15) is 0 Å². The Bertz CT molecular complexity index is 62.9. The minimum atomic E-state index is 0. The Morgan fingerprint density at radius 3 is 1.18 bits per heavy atom. The Hall–Kier alpha value is -0.455. The average molecular weight is 153 g/mol. The van der Waals surface area contributed by atoms with Crippen molar-refractivity contribution in [1.82, 2.24) is 0 Å². The molecule has 0 aliphatic heterocycles. The first-order valence-corrected chi connectivity index (χ1v) is 3.82. The van der Waals surface area contributed by atoms with Crippen molar-refractivity contribution in [3.8, 4) is 0 Å². The number of hydrogen-bond donors (Lipinski definition) is 0. The molecule has 0 spiro atoms. The second-order valence-electron chi connectivity index (χ2n) is 1.09. The maximum atomic E-state index is 2.12. The minimum Gasteiger partial charge on any atom is -0.0808 e. The van der Waals surface area contributed by atoms with Gasteiger partial charge in [0.1, 0.15) is 0 Å². The Balaban J connectivity index is -0.0000000369. The van der Waals surface area contributed by atoms with Gasteiger partial charge in [0, 0.05) is 8.41 Å². The van der Waals surface area contributed by atoms with Crippen molar-refractivity contribution >= 4 is 8.41 Å². The summed E-state index contributed by atoms with van der Waals surface area (Å²) >= 11 is 0. The molecule has 1 aliphatic rings. The van der Waals surface area contributed by atoms with Crippen molar-refractivity contribution in [2.75, 3.05) is 0 Å². The number of allylic oxidation sites excluding steroid dienone is 4. The number of hydrogen-bond acceptors (Lipinski definition) is 0. The van der Waals surface area contributed by atoms with Crippen LogP contribution in [-0.4, -0.2) is 8.41 Å². The quantitative estimate of drug-likeness (QED) is 0.464. The summed E-state index contributed by atoms with van der Waals surface area (Å²) in [6.45, 7) is 8.00. The van der Waals surface area contributed by atoms with Gasteiger partial charge in [0.05, 0.1) is 0 Å². The Kier molecular flexibility index (Phi) is 68.8. The lowest BCUT2D eigenvalue weighted by Crippen LogP contribution is -1.37. The lowest BCUT2D eigenvalue weighted by atomic mass is 10.5. The Labute approximate surface area is 75.0 Å². The van der Waals surface area contributed by atoms with Crippen LogP contribution in [0.1, 0.15) is 41.5 Å². The van der Waals surface area contributed by atoms with E-state index in [2.05, 4.69) is 24.3 Å². The fourth-order valence-corrected chi connectivity index (χ4v) is 0.393. The van der Waals surface area contributed by atoms with E-state index >= 15 is 0 Å². The van der Waals surface area contributed by atoms with Crippen molar-refractivity contribution in [1.29, 1.82) is 0 Å². The first-order valence-electron chi connectivity index (χ1n) is 3.82. The standard InChI is InChI=1S/C5H6.2C2H6.CH4.B/c1-2-4-5-3-1;2*1-2;;/h1-4H,5H2;2*1-2H3;1H4;. The molecule has 0 aromatic heterocycles. The second kappa shape index (κ2) is 33.7. The third-order valence-corrected chi connectivity index (χ3v) is 0.655. The second-order valence-corrected chi connectivity index (χ2v) is 1.09. The zero-order chi connectivity index (χ0) is 7.54. The van der Waals surface area contributed by atoms with Crippen LogP contribution in [0.5, 0.6) is 0 Å². The summed E-state index contributed by atoms with van der Waals surface area (Å²) in [7, 11) is 0. The third kappa shape index (κ3) is 26.3. The van der Waals surface area contributed by atoms with Crippen LogP contribution in [-0.2, 0) is 0 Å². The molecule has 0 nitrogen and oxygen atoms in total. The van der Waals surface area contributed by atoms with Crippen molar-refractivity contribution in [2.45, 2.75) is 41.5 Å². The predicted molar refractivity (Wildman–Crippen MR) is 58.1 cm³/mol. The summed E-state index contributed by atoms with van der Waals surface area (Å²) in [6.07, 6.45) is 9.50. The highest BCUT2D eigenvalue weighted by Crippen LogP contribution is 1.93. The summed E-state index contributed by atoms with van der Waals surface area (Å²) in [6, 6.07) is 0. The summed E-state index contributed by atoms with van der Waals surface area (Å²) in [5.74, 6) is 0. The summed E-state index contributed by atoms with van der Waals surface area (Å²) < 4.78 is 0. The van der Waals surface area contributed by atoms with Crippen LogP contribution in [0, 0.1) is 0 Å². The lowest BCUT2D eigenvalue weighted by molar-refractivity contribution is 1.45. The van der Waals surface area contributed by atoms with Crippen molar-refractivity contribution in [3.05, 3.63) is 24.3 Å². The van der Waals surface area contributed by atoms with Crippen LogP contribution in [0.15, 0.2) is 24.3 Å². The van der Waals surface area contributed by atoms with Gasteiger partial charge < -0.3 is 0 Å². The van der Waals surface area contributed by atoms with E-state index in [0.717, 1.165) is 6.42 Å². The maximum Gasteiger partial charge on any atom is 0 e. The maximum absolute atomic E-state index is 2.12. The molecule has 3 radical (unpaired) electrons. The first kappa shape index (κ1) is 22.4. The van der Waals surface area contributed by atoms with Gasteiger partial charge in [-0.05, 0) is 6.42 Å². The molecular formula is C10H22B. The molecule has 0 saturated carbocycles. The van der Waals surface area contributed by atoms with Gasteiger partial charge in [-0.3, -0.25) is 0 Å². The van der Waals surface area contributed by atoms with E-state index in [0.29, 0.717) is 0 Å². The van der Waals surface area contributed by atoms with E-state index in [1.807, 2.05) is 27.7 Å². The molecule has 0 heterocycles. The normalized spacial score (nSPS) is 9.09. The molecule has 0 amide bonds. The predicted octanol–water partition coefficient (Wildman–Crippen LogP) is 3.81. The van der Waals surface area contributed by atoms with Crippen molar-refractivity contribution in [2.24, 2.45) is 0 Å². The van der Waals surface area contributed by atoms with Crippen molar-refractivity contribution < 1.29 is 0 Å². The molecule has 65 valence electrons. The molecule has 0 unspecified atom stereocenters. The lowest BCUT2D eigenvalue weighted by Gasteiger charge is -1.57. The van der Waals surface area contributed by atoms with E-state index in [9.17, 15) is 0 Å². The molecule has 0 saturated heterocycles.